The van der Waals surface area contributed by atoms with Crippen molar-refractivity contribution in [1.29, 1.82) is 0 Å². The number of anilines is 1. The molecule has 2 atom stereocenters. The van der Waals surface area contributed by atoms with Crippen LogP contribution in [0.4, 0.5) is 5.69 Å². The SMILES string of the molecule is CCc1ccc(N2C(=S)N[C@@H](c3ccccn3)[C@H]2c2c(C)c(C)n(-c3cccc(Cl)c3)c2C)cc1. The summed E-state index contributed by atoms with van der Waals surface area (Å²) in [5.41, 5.74) is 9.28. The second-order valence-electron chi connectivity index (χ2n) is 9.04. The number of nitrogens with one attached hydrogen (secondary N) is 1. The Kier molecular flexibility index (Phi) is 6.39. The van der Waals surface area contributed by atoms with Gasteiger partial charge in [-0.25, -0.2) is 0 Å². The average molecular weight is 501 g/mol. The largest absolute Gasteiger partial charge is 0.351 e. The zero-order chi connectivity index (χ0) is 24.7. The molecule has 178 valence electrons. The maximum atomic E-state index is 6.37. The van der Waals surface area contributed by atoms with Crippen LogP contribution in [-0.2, 0) is 6.42 Å². The molecule has 0 bridgehead atoms. The Labute approximate surface area is 217 Å². The second kappa shape index (κ2) is 9.48. The smallest absolute Gasteiger partial charge is 0.174 e. The molecule has 0 unspecified atom stereocenters. The summed E-state index contributed by atoms with van der Waals surface area (Å²) >= 11 is 12.3. The van der Waals surface area contributed by atoms with Crippen molar-refractivity contribution >= 4 is 34.6 Å². The molecule has 1 aliphatic rings. The second-order valence-corrected chi connectivity index (χ2v) is 9.86. The van der Waals surface area contributed by atoms with Gasteiger partial charge in [0.05, 0.1) is 17.8 Å². The van der Waals surface area contributed by atoms with Gasteiger partial charge < -0.3 is 14.8 Å². The van der Waals surface area contributed by atoms with Gasteiger partial charge in [0.2, 0.25) is 0 Å². The molecule has 2 aromatic carbocycles. The summed E-state index contributed by atoms with van der Waals surface area (Å²) in [6.45, 7) is 8.73. The molecule has 6 heteroatoms. The van der Waals surface area contributed by atoms with Crippen molar-refractivity contribution in [1.82, 2.24) is 14.9 Å². The van der Waals surface area contributed by atoms with Crippen molar-refractivity contribution in [3.05, 3.63) is 112 Å². The van der Waals surface area contributed by atoms with Gasteiger partial charge in [0.1, 0.15) is 0 Å². The minimum Gasteiger partial charge on any atom is -0.351 e. The summed E-state index contributed by atoms with van der Waals surface area (Å²) in [5, 5.41) is 5.03. The van der Waals surface area contributed by atoms with E-state index >= 15 is 0 Å². The molecule has 1 saturated heterocycles. The maximum Gasteiger partial charge on any atom is 0.174 e. The van der Waals surface area contributed by atoms with E-state index in [4.69, 9.17) is 28.8 Å². The van der Waals surface area contributed by atoms with Crippen molar-refractivity contribution < 1.29 is 0 Å². The number of hydrogen-bond donors (Lipinski definition) is 1. The third-order valence-corrected chi connectivity index (χ3v) is 7.64. The molecular formula is C29H29ClN4S. The van der Waals surface area contributed by atoms with Crippen LogP contribution in [0.15, 0.2) is 72.9 Å². The summed E-state index contributed by atoms with van der Waals surface area (Å²) < 4.78 is 2.30. The van der Waals surface area contributed by atoms with Crippen LogP contribution in [0.1, 0.15) is 52.8 Å². The number of nitrogens with zero attached hydrogens (tertiary/aromatic N) is 3. The quantitative estimate of drug-likeness (QED) is 0.294. The molecule has 5 rings (SSSR count). The van der Waals surface area contributed by atoms with E-state index in [0.717, 1.165) is 28.5 Å². The number of pyridine rings is 1. The fraction of sp³-hybridized carbons (Fsp3) is 0.241. The van der Waals surface area contributed by atoms with E-state index in [-0.39, 0.29) is 12.1 Å². The first-order chi connectivity index (χ1) is 16.9. The van der Waals surface area contributed by atoms with E-state index in [1.807, 2.05) is 36.5 Å². The summed E-state index contributed by atoms with van der Waals surface area (Å²) in [6, 6.07) is 22.7. The average Bonchev–Trinajstić information content (AvgIpc) is 3.31. The minimum absolute atomic E-state index is 0.0518. The first-order valence-electron chi connectivity index (χ1n) is 11.9. The van der Waals surface area contributed by atoms with Crippen LogP contribution in [0.2, 0.25) is 5.02 Å². The number of aromatic nitrogens is 2. The Morgan fingerprint density at radius 3 is 2.37 bits per heavy atom. The highest BCUT2D eigenvalue weighted by molar-refractivity contribution is 7.80. The summed E-state index contributed by atoms with van der Waals surface area (Å²) in [5.74, 6) is 0. The predicted octanol–water partition coefficient (Wildman–Crippen LogP) is 7.19. The lowest BCUT2D eigenvalue weighted by Crippen LogP contribution is -2.29. The van der Waals surface area contributed by atoms with Gasteiger partial charge in [-0.15, -0.1) is 0 Å². The highest BCUT2D eigenvalue weighted by Crippen LogP contribution is 2.45. The highest BCUT2D eigenvalue weighted by atomic mass is 35.5. The van der Waals surface area contributed by atoms with Crippen molar-refractivity contribution in [3.8, 4) is 5.69 Å². The summed E-state index contributed by atoms with van der Waals surface area (Å²) in [4.78, 5) is 6.97. The van der Waals surface area contributed by atoms with Gasteiger partial charge in [0.25, 0.3) is 0 Å². The molecule has 0 radical (unpaired) electrons. The molecule has 0 amide bonds. The van der Waals surface area contributed by atoms with Crippen LogP contribution in [0, 0.1) is 20.8 Å². The van der Waals surface area contributed by atoms with Crippen LogP contribution in [0.3, 0.4) is 0 Å². The molecule has 1 N–H and O–H groups in total. The van der Waals surface area contributed by atoms with E-state index < -0.39 is 0 Å². The van der Waals surface area contributed by atoms with Crippen LogP contribution in [0.5, 0.6) is 0 Å². The summed E-state index contributed by atoms with van der Waals surface area (Å²) in [6.07, 6.45) is 2.85. The van der Waals surface area contributed by atoms with Crippen LogP contribution in [-0.4, -0.2) is 14.7 Å². The molecular weight excluding hydrogens is 472 g/mol. The van der Waals surface area contributed by atoms with E-state index in [2.05, 4.69) is 78.9 Å². The van der Waals surface area contributed by atoms with Crippen molar-refractivity contribution in [2.45, 2.75) is 46.2 Å². The number of thiocarbonyl (C=S) groups is 1. The van der Waals surface area contributed by atoms with E-state index in [9.17, 15) is 0 Å². The topological polar surface area (TPSA) is 33.1 Å². The number of hydrogen-bond acceptors (Lipinski definition) is 2. The van der Waals surface area contributed by atoms with Crippen molar-refractivity contribution in [2.75, 3.05) is 4.90 Å². The maximum absolute atomic E-state index is 6.37. The fourth-order valence-electron chi connectivity index (χ4n) is 5.26. The van der Waals surface area contributed by atoms with Crippen LogP contribution < -0.4 is 10.2 Å². The molecule has 1 fully saturated rings. The first kappa shape index (κ1) is 23.6. The van der Waals surface area contributed by atoms with Gasteiger partial charge in [0.15, 0.2) is 5.11 Å². The molecule has 4 aromatic rings. The van der Waals surface area contributed by atoms with E-state index in [1.165, 1.54) is 28.1 Å². The van der Waals surface area contributed by atoms with Crippen molar-refractivity contribution in [3.63, 3.8) is 0 Å². The van der Waals surface area contributed by atoms with Gasteiger partial charge in [-0.1, -0.05) is 42.8 Å². The van der Waals surface area contributed by atoms with Crippen LogP contribution >= 0.6 is 23.8 Å². The Morgan fingerprint density at radius 2 is 1.71 bits per heavy atom. The Bertz CT molecular complexity index is 1380. The fourth-order valence-corrected chi connectivity index (χ4v) is 5.79. The Hall–Kier alpha value is -3.15. The minimum atomic E-state index is -0.0819. The molecule has 1 aliphatic heterocycles. The van der Waals surface area contributed by atoms with Gasteiger partial charge >= 0.3 is 0 Å². The monoisotopic (exact) mass is 500 g/mol. The molecule has 3 heterocycles. The third-order valence-electron chi connectivity index (χ3n) is 7.09. The normalized spacial score (nSPS) is 17.6. The lowest BCUT2D eigenvalue weighted by Gasteiger charge is -2.29. The zero-order valence-electron chi connectivity index (χ0n) is 20.4. The Balaban J connectivity index is 1.71. The molecule has 0 spiro atoms. The van der Waals surface area contributed by atoms with Gasteiger partial charge in [-0.05, 0) is 93.0 Å². The first-order valence-corrected chi connectivity index (χ1v) is 12.7. The zero-order valence-corrected chi connectivity index (χ0v) is 22.0. The lowest BCUT2D eigenvalue weighted by molar-refractivity contribution is 0.563. The Morgan fingerprint density at radius 1 is 0.943 bits per heavy atom. The lowest BCUT2D eigenvalue weighted by atomic mass is 9.93. The van der Waals surface area contributed by atoms with Gasteiger partial charge in [-0.3, -0.25) is 4.98 Å². The third kappa shape index (κ3) is 4.13. The highest BCUT2D eigenvalue weighted by Gasteiger charge is 2.43. The number of halogens is 1. The summed E-state index contributed by atoms with van der Waals surface area (Å²) in [7, 11) is 0. The van der Waals surface area contributed by atoms with Gasteiger partial charge in [0, 0.05) is 39.5 Å². The van der Waals surface area contributed by atoms with Crippen molar-refractivity contribution in [2.24, 2.45) is 0 Å². The van der Waals surface area contributed by atoms with E-state index in [0.29, 0.717) is 5.11 Å². The number of benzene rings is 2. The molecule has 2 aromatic heterocycles. The molecule has 0 saturated carbocycles. The van der Waals surface area contributed by atoms with Crippen LogP contribution in [0.25, 0.3) is 5.69 Å². The predicted molar refractivity (Wildman–Crippen MR) is 149 cm³/mol. The molecule has 4 nitrogen and oxygen atoms in total. The number of rotatable bonds is 5. The van der Waals surface area contributed by atoms with Gasteiger partial charge in [-0.2, -0.15) is 0 Å². The molecule has 35 heavy (non-hydrogen) atoms. The standard InChI is InChI=1S/C29H29ClN4S/c1-5-21-12-14-23(15-13-21)34-28(27(32-29(34)35)25-11-6-7-16-31-25)26-18(2)19(3)33(20(26)4)24-10-8-9-22(30)17-24/h6-17,27-28H,5H2,1-4H3,(H,32,35)/t27-,28+/m0/s1. The number of aryl methyl sites for hydroxylation is 1. The molecule has 0 aliphatic carbocycles. The van der Waals surface area contributed by atoms with E-state index in [1.54, 1.807) is 0 Å².